The molecule has 1 fully saturated rings. The van der Waals surface area contributed by atoms with Crippen LogP contribution >= 0.6 is 0 Å². The van der Waals surface area contributed by atoms with E-state index in [4.69, 9.17) is 0 Å². The molecule has 2 aromatic carbocycles. The highest BCUT2D eigenvalue weighted by atomic mass is 32.2. The summed E-state index contributed by atoms with van der Waals surface area (Å²) in [5.41, 5.74) is 3.04. The topological polar surface area (TPSA) is 110 Å². The van der Waals surface area contributed by atoms with Crippen molar-refractivity contribution in [1.29, 1.82) is 0 Å². The molecule has 1 aliphatic carbocycles. The highest BCUT2D eigenvalue weighted by Crippen LogP contribution is 2.32. The fraction of sp³-hybridized carbons (Fsp3) is 0.375. The smallest absolute Gasteiger partial charge is 0.272 e. The molecule has 1 aliphatic rings. The SMILES string of the molecule is CC(C)n1nc(C(=O)NNS(=O)(=O)c2ccc(C3CCCCC3)cc2)c2ccccc2c1=O. The van der Waals surface area contributed by atoms with Crippen molar-refractivity contribution in [2.24, 2.45) is 0 Å². The molecule has 0 bridgehead atoms. The molecule has 9 heteroatoms. The zero-order chi connectivity index (χ0) is 23.6. The van der Waals surface area contributed by atoms with Gasteiger partial charge < -0.3 is 0 Å². The molecule has 2 N–H and O–H groups in total. The Bertz CT molecular complexity index is 1320. The van der Waals surface area contributed by atoms with Gasteiger partial charge >= 0.3 is 0 Å². The van der Waals surface area contributed by atoms with Gasteiger partial charge in [0.25, 0.3) is 21.5 Å². The minimum atomic E-state index is -3.98. The molecule has 1 heterocycles. The number of nitrogens with one attached hydrogen (secondary N) is 2. The normalized spacial score (nSPS) is 15.1. The van der Waals surface area contributed by atoms with Gasteiger partial charge in [-0.1, -0.05) is 49.6 Å². The third-order valence-corrected chi connectivity index (χ3v) is 7.36. The molecule has 8 nitrogen and oxygen atoms in total. The molecule has 0 spiro atoms. The second kappa shape index (κ2) is 9.44. The first-order valence-electron chi connectivity index (χ1n) is 11.2. The van der Waals surface area contributed by atoms with E-state index in [2.05, 4.69) is 15.4 Å². The molecule has 3 aromatic rings. The summed E-state index contributed by atoms with van der Waals surface area (Å²) < 4.78 is 26.7. The van der Waals surface area contributed by atoms with E-state index < -0.39 is 15.9 Å². The number of carbonyl (C=O) groups excluding carboxylic acids is 1. The fourth-order valence-electron chi connectivity index (χ4n) is 4.31. The van der Waals surface area contributed by atoms with Crippen molar-refractivity contribution in [2.75, 3.05) is 0 Å². The number of nitrogens with zero attached hydrogens (tertiary/aromatic N) is 2. The van der Waals surface area contributed by atoms with Gasteiger partial charge in [0.05, 0.1) is 16.3 Å². The van der Waals surface area contributed by atoms with Gasteiger partial charge in [-0.05, 0) is 56.4 Å². The maximum Gasteiger partial charge on any atom is 0.287 e. The first kappa shape index (κ1) is 23.1. The van der Waals surface area contributed by atoms with Crippen LogP contribution in [0.25, 0.3) is 10.8 Å². The van der Waals surface area contributed by atoms with E-state index in [-0.39, 0.29) is 22.2 Å². The van der Waals surface area contributed by atoms with Crippen molar-refractivity contribution in [3.05, 3.63) is 70.1 Å². The summed E-state index contributed by atoms with van der Waals surface area (Å²) in [6, 6.07) is 13.2. The molecule has 0 saturated heterocycles. The summed E-state index contributed by atoms with van der Waals surface area (Å²) in [7, 11) is -3.98. The largest absolute Gasteiger partial charge is 0.287 e. The highest BCUT2D eigenvalue weighted by molar-refractivity contribution is 7.89. The summed E-state index contributed by atoms with van der Waals surface area (Å²) >= 11 is 0. The first-order valence-corrected chi connectivity index (χ1v) is 12.7. The Kier molecular flexibility index (Phi) is 6.62. The summed E-state index contributed by atoms with van der Waals surface area (Å²) in [5, 5.41) is 4.89. The van der Waals surface area contributed by atoms with E-state index >= 15 is 0 Å². The number of hydrazine groups is 1. The van der Waals surface area contributed by atoms with Crippen LogP contribution in [-0.4, -0.2) is 24.1 Å². The molecule has 0 atom stereocenters. The molecule has 1 saturated carbocycles. The minimum absolute atomic E-state index is 0.0331. The maximum atomic E-state index is 12.9. The molecular formula is C24H28N4O4S. The van der Waals surface area contributed by atoms with Gasteiger partial charge in [-0.25, -0.2) is 13.1 Å². The second-order valence-electron chi connectivity index (χ2n) is 8.70. The third-order valence-electron chi connectivity index (χ3n) is 6.10. The zero-order valence-electron chi connectivity index (χ0n) is 18.7. The molecule has 4 rings (SSSR count). The van der Waals surface area contributed by atoms with Gasteiger partial charge in [0.2, 0.25) is 0 Å². The van der Waals surface area contributed by atoms with E-state index in [0.717, 1.165) is 18.4 Å². The zero-order valence-corrected chi connectivity index (χ0v) is 19.6. The molecule has 1 aromatic heterocycles. The maximum absolute atomic E-state index is 12.9. The van der Waals surface area contributed by atoms with E-state index in [0.29, 0.717) is 16.7 Å². The van der Waals surface area contributed by atoms with Gasteiger partial charge in [0, 0.05) is 5.39 Å². The summed E-state index contributed by atoms with van der Waals surface area (Å²) in [6.07, 6.45) is 5.90. The number of carbonyl (C=O) groups is 1. The van der Waals surface area contributed by atoms with Crippen molar-refractivity contribution >= 4 is 26.7 Å². The Morgan fingerprint density at radius 2 is 1.64 bits per heavy atom. The van der Waals surface area contributed by atoms with Crippen LogP contribution in [0.2, 0.25) is 0 Å². The number of hydrogen-bond donors (Lipinski definition) is 2. The fourth-order valence-corrected chi connectivity index (χ4v) is 5.15. The van der Waals surface area contributed by atoms with Crippen LogP contribution in [0.5, 0.6) is 0 Å². The van der Waals surface area contributed by atoms with Crippen LogP contribution < -0.4 is 15.8 Å². The molecule has 33 heavy (non-hydrogen) atoms. The van der Waals surface area contributed by atoms with Crippen LogP contribution in [0.1, 0.15) is 74.0 Å². The molecule has 0 aliphatic heterocycles. The number of sulfonamides is 1. The van der Waals surface area contributed by atoms with Crippen LogP contribution in [0.15, 0.2) is 58.2 Å². The van der Waals surface area contributed by atoms with E-state index in [9.17, 15) is 18.0 Å². The average Bonchev–Trinajstić information content (AvgIpc) is 2.83. The predicted octanol–water partition coefficient (Wildman–Crippen LogP) is 3.65. The Hall–Kier alpha value is -3.04. The summed E-state index contributed by atoms with van der Waals surface area (Å²) in [4.78, 5) is 27.7. The van der Waals surface area contributed by atoms with Gasteiger partial charge in [-0.15, -0.1) is 4.83 Å². The molecule has 1 amide bonds. The third kappa shape index (κ3) is 4.84. The van der Waals surface area contributed by atoms with Crippen molar-refractivity contribution in [2.45, 2.75) is 62.8 Å². The number of benzene rings is 2. The minimum Gasteiger partial charge on any atom is -0.272 e. The van der Waals surface area contributed by atoms with E-state index in [1.54, 1.807) is 50.2 Å². The number of rotatable bonds is 6. The standard InChI is InChI=1S/C24H28N4O4S/c1-16(2)28-24(30)21-11-7-6-10-20(21)22(26-28)23(29)25-27-33(31,32)19-14-12-18(13-15-19)17-8-4-3-5-9-17/h6-7,10-17,27H,3-5,8-9H2,1-2H3,(H,25,29). The van der Waals surface area contributed by atoms with E-state index in [1.807, 2.05) is 12.1 Å². The van der Waals surface area contributed by atoms with Crippen LogP contribution in [0.3, 0.4) is 0 Å². The number of aromatic nitrogens is 2. The van der Waals surface area contributed by atoms with Gasteiger partial charge in [0.1, 0.15) is 0 Å². The number of fused-ring (bicyclic) bond motifs is 1. The van der Waals surface area contributed by atoms with Gasteiger partial charge in [0.15, 0.2) is 5.69 Å². The lowest BCUT2D eigenvalue weighted by Gasteiger charge is -2.22. The van der Waals surface area contributed by atoms with Crippen molar-refractivity contribution in [3.63, 3.8) is 0 Å². The first-order chi connectivity index (χ1) is 15.8. The monoisotopic (exact) mass is 468 g/mol. The Balaban J connectivity index is 1.54. The van der Waals surface area contributed by atoms with Crippen LogP contribution in [0.4, 0.5) is 0 Å². The summed E-state index contributed by atoms with van der Waals surface area (Å²) in [5.74, 6) is -0.276. The van der Waals surface area contributed by atoms with Crippen molar-refractivity contribution < 1.29 is 13.2 Å². The van der Waals surface area contributed by atoms with Gasteiger partial charge in [-0.3, -0.25) is 15.0 Å². The Morgan fingerprint density at radius 1 is 1.00 bits per heavy atom. The highest BCUT2D eigenvalue weighted by Gasteiger charge is 2.21. The lowest BCUT2D eigenvalue weighted by Crippen LogP contribution is -2.42. The molecule has 0 unspecified atom stereocenters. The Labute approximate surface area is 193 Å². The average molecular weight is 469 g/mol. The number of amides is 1. The lowest BCUT2D eigenvalue weighted by molar-refractivity contribution is 0.0939. The second-order valence-corrected chi connectivity index (χ2v) is 10.4. The quantitative estimate of drug-likeness (QED) is 0.537. The molecule has 174 valence electrons. The number of hydrogen-bond acceptors (Lipinski definition) is 5. The van der Waals surface area contributed by atoms with Gasteiger partial charge in [-0.2, -0.15) is 5.10 Å². The lowest BCUT2D eigenvalue weighted by atomic mass is 9.84. The van der Waals surface area contributed by atoms with Crippen molar-refractivity contribution in [3.8, 4) is 0 Å². The summed E-state index contributed by atoms with van der Waals surface area (Å²) in [6.45, 7) is 3.56. The Morgan fingerprint density at radius 3 is 2.27 bits per heavy atom. The van der Waals surface area contributed by atoms with Crippen LogP contribution in [-0.2, 0) is 10.0 Å². The molecular weight excluding hydrogens is 440 g/mol. The van der Waals surface area contributed by atoms with E-state index in [1.165, 1.54) is 23.9 Å². The van der Waals surface area contributed by atoms with Crippen molar-refractivity contribution in [1.82, 2.24) is 20.0 Å². The predicted molar refractivity (Wildman–Crippen MR) is 126 cm³/mol. The van der Waals surface area contributed by atoms with Crippen LogP contribution in [0, 0.1) is 0 Å². The molecule has 0 radical (unpaired) electrons.